The van der Waals surface area contributed by atoms with E-state index < -0.39 is 24.6 Å². The summed E-state index contributed by atoms with van der Waals surface area (Å²) >= 11 is 0. The fourth-order valence-electron chi connectivity index (χ4n) is 2.82. The lowest BCUT2D eigenvalue weighted by Crippen LogP contribution is -2.62. The molecule has 6 nitrogen and oxygen atoms in total. The number of aliphatic hydroxyl groups excluding tert-OH is 1. The van der Waals surface area contributed by atoms with Gasteiger partial charge in [0.25, 0.3) is 0 Å². The lowest BCUT2D eigenvalue weighted by Gasteiger charge is -2.45. The average molecular weight is 288 g/mol. The Bertz CT molecular complexity index is 341. The fraction of sp³-hybridized carbons (Fsp3) is 1.00. The minimum absolute atomic E-state index is 0.207. The van der Waals surface area contributed by atoms with Crippen molar-refractivity contribution in [2.45, 2.75) is 71.0 Å². The van der Waals surface area contributed by atoms with E-state index in [1.165, 1.54) is 0 Å². The summed E-state index contributed by atoms with van der Waals surface area (Å²) in [4.78, 5) is 0. The van der Waals surface area contributed by atoms with Gasteiger partial charge in [-0.15, -0.1) is 0 Å². The Labute approximate surface area is 119 Å². The van der Waals surface area contributed by atoms with Gasteiger partial charge in [0, 0.05) is 11.8 Å². The maximum absolute atomic E-state index is 10.5. The molecule has 0 saturated carbocycles. The summed E-state index contributed by atoms with van der Waals surface area (Å²) in [6, 6.07) is 0. The van der Waals surface area contributed by atoms with Crippen molar-refractivity contribution in [2.75, 3.05) is 6.61 Å². The molecule has 3 saturated heterocycles. The summed E-state index contributed by atoms with van der Waals surface area (Å²) in [5.41, 5.74) is 0. The van der Waals surface area contributed by atoms with Gasteiger partial charge >= 0.3 is 0 Å². The van der Waals surface area contributed by atoms with Crippen LogP contribution in [0.4, 0.5) is 0 Å². The minimum atomic E-state index is -0.757. The molecule has 0 aromatic rings. The molecular formula is C14H24O6. The Morgan fingerprint density at radius 2 is 1.50 bits per heavy atom. The highest BCUT2D eigenvalue weighted by molar-refractivity contribution is 4.95. The molecule has 3 rings (SSSR count). The molecule has 0 aliphatic carbocycles. The van der Waals surface area contributed by atoms with Crippen LogP contribution in [0.15, 0.2) is 0 Å². The van der Waals surface area contributed by atoms with Gasteiger partial charge in [-0.05, 0) is 0 Å². The maximum atomic E-state index is 10.5. The van der Waals surface area contributed by atoms with Crippen molar-refractivity contribution >= 4 is 0 Å². The lowest BCUT2D eigenvalue weighted by molar-refractivity contribution is -0.342. The standard InChI is InChI=1S/C14H24O6/c1-6(2)12-16-5-8-10(18-12)9(15)11-14(17-8)20-13(19-11)7(3)4/h6-15H,5H2,1-4H3. The maximum Gasteiger partial charge on any atom is 0.190 e. The predicted molar refractivity (Wildman–Crippen MR) is 68.7 cm³/mol. The molecule has 0 bridgehead atoms. The van der Waals surface area contributed by atoms with Crippen molar-refractivity contribution in [1.29, 1.82) is 0 Å². The molecule has 0 radical (unpaired) electrons. The van der Waals surface area contributed by atoms with Gasteiger partial charge < -0.3 is 28.8 Å². The number of hydrogen-bond donors (Lipinski definition) is 1. The molecule has 6 heteroatoms. The Morgan fingerprint density at radius 3 is 2.15 bits per heavy atom. The highest BCUT2D eigenvalue weighted by Crippen LogP contribution is 2.37. The smallest absolute Gasteiger partial charge is 0.190 e. The van der Waals surface area contributed by atoms with Gasteiger partial charge in [-0.3, -0.25) is 0 Å². The summed E-state index contributed by atoms with van der Waals surface area (Å²) in [6.07, 6.45) is -3.18. The first-order valence-electron chi connectivity index (χ1n) is 7.39. The van der Waals surface area contributed by atoms with Gasteiger partial charge in [0.2, 0.25) is 0 Å². The molecule has 0 spiro atoms. The lowest BCUT2D eigenvalue weighted by atomic mass is 9.98. The van der Waals surface area contributed by atoms with Crippen LogP contribution in [0.5, 0.6) is 0 Å². The predicted octanol–water partition coefficient (Wildman–Crippen LogP) is 0.867. The van der Waals surface area contributed by atoms with Crippen LogP contribution in [-0.2, 0) is 23.7 Å². The van der Waals surface area contributed by atoms with Crippen LogP contribution >= 0.6 is 0 Å². The fourth-order valence-corrected chi connectivity index (χ4v) is 2.82. The van der Waals surface area contributed by atoms with E-state index in [1.807, 2.05) is 27.7 Å². The summed E-state index contributed by atoms with van der Waals surface area (Å²) in [5.74, 6) is 0.434. The number of aliphatic hydroxyl groups is 1. The third kappa shape index (κ3) is 2.49. The summed E-state index contributed by atoms with van der Waals surface area (Å²) in [5, 5.41) is 10.5. The quantitative estimate of drug-likeness (QED) is 0.813. The van der Waals surface area contributed by atoms with Crippen LogP contribution in [-0.4, -0.2) is 55.0 Å². The van der Waals surface area contributed by atoms with Gasteiger partial charge in [0.05, 0.1) is 6.61 Å². The number of ether oxygens (including phenoxy) is 5. The second-order valence-corrected chi connectivity index (χ2v) is 6.43. The van der Waals surface area contributed by atoms with Crippen LogP contribution in [0.1, 0.15) is 27.7 Å². The Kier molecular flexibility index (Phi) is 4.05. The van der Waals surface area contributed by atoms with E-state index in [1.54, 1.807) is 0 Å². The Balaban J connectivity index is 1.70. The molecule has 7 unspecified atom stereocenters. The molecular weight excluding hydrogens is 264 g/mol. The Morgan fingerprint density at radius 1 is 0.850 bits per heavy atom. The van der Waals surface area contributed by atoms with Crippen molar-refractivity contribution < 1.29 is 28.8 Å². The molecule has 3 aliphatic heterocycles. The Hall–Kier alpha value is -0.240. The molecule has 3 heterocycles. The van der Waals surface area contributed by atoms with Crippen LogP contribution < -0.4 is 0 Å². The zero-order valence-electron chi connectivity index (χ0n) is 12.4. The molecule has 3 fully saturated rings. The monoisotopic (exact) mass is 288 g/mol. The number of fused-ring (bicyclic) bond motifs is 2. The van der Waals surface area contributed by atoms with E-state index >= 15 is 0 Å². The second-order valence-electron chi connectivity index (χ2n) is 6.43. The number of rotatable bonds is 2. The topological polar surface area (TPSA) is 66.4 Å². The van der Waals surface area contributed by atoms with E-state index in [0.717, 1.165) is 0 Å². The molecule has 0 aromatic heterocycles. The van der Waals surface area contributed by atoms with Gasteiger partial charge in [-0.1, -0.05) is 27.7 Å². The molecule has 3 aliphatic rings. The van der Waals surface area contributed by atoms with E-state index in [2.05, 4.69) is 0 Å². The zero-order valence-corrected chi connectivity index (χ0v) is 12.4. The second kappa shape index (κ2) is 5.51. The first-order chi connectivity index (χ1) is 9.47. The van der Waals surface area contributed by atoms with Crippen LogP contribution in [0.3, 0.4) is 0 Å². The molecule has 20 heavy (non-hydrogen) atoms. The van der Waals surface area contributed by atoms with Gasteiger partial charge in [-0.25, -0.2) is 0 Å². The van der Waals surface area contributed by atoms with E-state index in [4.69, 9.17) is 23.7 Å². The summed E-state index contributed by atoms with van der Waals surface area (Å²) in [6.45, 7) is 8.47. The first-order valence-corrected chi connectivity index (χ1v) is 7.39. The first kappa shape index (κ1) is 14.7. The largest absolute Gasteiger partial charge is 0.387 e. The average Bonchev–Trinajstić information content (AvgIpc) is 2.83. The van der Waals surface area contributed by atoms with E-state index in [-0.39, 0.29) is 30.5 Å². The minimum Gasteiger partial charge on any atom is -0.387 e. The van der Waals surface area contributed by atoms with Gasteiger partial charge in [-0.2, -0.15) is 0 Å². The van der Waals surface area contributed by atoms with Crippen LogP contribution in [0.2, 0.25) is 0 Å². The number of hydrogen-bond acceptors (Lipinski definition) is 6. The van der Waals surface area contributed by atoms with Crippen molar-refractivity contribution in [3.05, 3.63) is 0 Å². The van der Waals surface area contributed by atoms with Crippen molar-refractivity contribution in [1.82, 2.24) is 0 Å². The van der Waals surface area contributed by atoms with Crippen LogP contribution in [0, 0.1) is 11.8 Å². The van der Waals surface area contributed by atoms with Gasteiger partial charge in [0.15, 0.2) is 18.9 Å². The third-order valence-corrected chi connectivity index (χ3v) is 3.98. The van der Waals surface area contributed by atoms with Crippen molar-refractivity contribution in [3.8, 4) is 0 Å². The highest BCUT2D eigenvalue weighted by Gasteiger charge is 2.54. The summed E-state index contributed by atoms with van der Waals surface area (Å²) < 4.78 is 28.8. The molecule has 7 atom stereocenters. The third-order valence-electron chi connectivity index (χ3n) is 3.98. The van der Waals surface area contributed by atoms with Gasteiger partial charge in [0.1, 0.15) is 24.4 Å². The molecule has 0 amide bonds. The molecule has 1 N–H and O–H groups in total. The van der Waals surface area contributed by atoms with Crippen LogP contribution in [0.25, 0.3) is 0 Å². The van der Waals surface area contributed by atoms with E-state index in [9.17, 15) is 5.11 Å². The SMILES string of the molecule is CC(C)C1OCC2OC3OC(C(C)C)OC3C(O)C2O1. The van der Waals surface area contributed by atoms with E-state index in [0.29, 0.717) is 6.61 Å². The summed E-state index contributed by atoms with van der Waals surface area (Å²) in [7, 11) is 0. The highest BCUT2D eigenvalue weighted by atomic mass is 16.8. The zero-order chi connectivity index (χ0) is 14.4. The normalized spacial score (nSPS) is 48.5. The van der Waals surface area contributed by atoms with Crippen molar-refractivity contribution in [2.24, 2.45) is 11.8 Å². The molecule has 0 aromatic carbocycles. The van der Waals surface area contributed by atoms with Crippen molar-refractivity contribution in [3.63, 3.8) is 0 Å². The molecule has 116 valence electrons.